The third kappa shape index (κ3) is 9.03. The first kappa shape index (κ1) is 27.1. The summed E-state index contributed by atoms with van der Waals surface area (Å²) < 4.78 is 85.0. The zero-order valence-electron chi connectivity index (χ0n) is 18.1. The molecule has 0 atom stereocenters. The zero-order chi connectivity index (χ0) is 24.7. The van der Waals surface area contributed by atoms with E-state index in [9.17, 15) is 31.1 Å². The minimum Gasteiger partial charge on any atom is -0.444 e. The maximum Gasteiger partial charge on any atom is 0.573 e. The highest BCUT2D eigenvalue weighted by Crippen LogP contribution is 2.32. The molecule has 0 unspecified atom stereocenters. The summed E-state index contributed by atoms with van der Waals surface area (Å²) in [4.78, 5) is 15.6. The molecule has 5 nitrogen and oxygen atoms in total. The van der Waals surface area contributed by atoms with Gasteiger partial charge in [0.15, 0.2) is 5.75 Å². The van der Waals surface area contributed by atoms with Crippen LogP contribution in [0.2, 0.25) is 0 Å². The van der Waals surface area contributed by atoms with Crippen LogP contribution in [0.1, 0.15) is 45.7 Å². The Morgan fingerprint density at radius 1 is 1.00 bits per heavy atom. The number of rotatable bonds is 4. The predicted octanol–water partition coefficient (Wildman–Crippen LogP) is 6.72. The van der Waals surface area contributed by atoms with Gasteiger partial charge >= 0.3 is 18.6 Å². The molecule has 0 spiro atoms. The van der Waals surface area contributed by atoms with Gasteiger partial charge in [-0.05, 0) is 39.0 Å². The maximum absolute atomic E-state index is 12.7. The van der Waals surface area contributed by atoms with Crippen molar-refractivity contribution in [1.29, 1.82) is 0 Å². The Bertz CT molecular complexity index is 888. The number of nitrogens with zero attached hydrogens (tertiary/aromatic N) is 1. The number of benzene rings is 1. The average molecular weight is 466 g/mol. The van der Waals surface area contributed by atoms with Gasteiger partial charge in [0, 0.05) is 17.7 Å². The van der Waals surface area contributed by atoms with Crippen molar-refractivity contribution in [2.75, 3.05) is 0 Å². The summed E-state index contributed by atoms with van der Waals surface area (Å²) in [6, 6.07) is 5.12. The fraction of sp³-hybridized carbons (Fsp3) is 0.429. The van der Waals surface area contributed by atoms with Crippen molar-refractivity contribution in [2.24, 2.45) is 0 Å². The molecule has 178 valence electrons. The molecular weight excluding hydrogens is 442 g/mol. The van der Waals surface area contributed by atoms with Gasteiger partial charge in [0.25, 0.3) is 0 Å². The summed E-state index contributed by atoms with van der Waals surface area (Å²) in [6.45, 7) is 8.44. The standard InChI is InChI=1S/C19H18F6N2O3.C2H6/c1-17(2,3)30-16(28)27-9-12-8-14(26-10-15(12)29-19(23,24)25)11-4-6-13(7-5-11)18(20,21)22;1-2/h4-8,10H,9H2,1-3H3,(H,27,28);1-2H3. The number of carbonyl (C=O) groups is 1. The lowest BCUT2D eigenvalue weighted by Crippen LogP contribution is -2.32. The molecule has 11 heteroatoms. The molecule has 0 bridgehead atoms. The number of pyridine rings is 1. The first-order valence-electron chi connectivity index (χ1n) is 9.53. The Hall–Kier alpha value is -2.98. The van der Waals surface area contributed by atoms with Gasteiger partial charge in [0.1, 0.15) is 5.60 Å². The minimum atomic E-state index is -5.00. The fourth-order valence-corrected chi connectivity index (χ4v) is 2.31. The van der Waals surface area contributed by atoms with Crippen LogP contribution in [0.3, 0.4) is 0 Å². The lowest BCUT2D eigenvalue weighted by molar-refractivity contribution is -0.275. The topological polar surface area (TPSA) is 60.5 Å². The first-order valence-corrected chi connectivity index (χ1v) is 9.53. The fourth-order valence-electron chi connectivity index (χ4n) is 2.31. The van der Waals surface area contributed by atoms with Crippen molar-refractivity contribution >= 4 is 6.09 Å². The van der Waals surface area contributed by atoms with Crippen LogP contribution in [0, 0.1) is 0 Å². The lowest BCUT2D eigenvalue weighted by atomic mass is 10.1. The van der Waals surface area contributed by atoms with Crippen LogP contribution in [0.4, 0.5) is 31.1 Å². The highest BCUT2D eigenvalue weighted by Gasteiger charge is 2.33. The van der Waals surface area contributed by atoms with Gasteiger partial charge in [-0.2, -0.15) is 13.2 Å². The number of carbonyl (C=O) groups excluding carboxylic acids is 1. The molecule has 0 aliphatic carbocycles. The Morgan fingerprint density at radius 2 is 1.56 bits per heavy atom. The van der Waals surface area contributed by atoms with E-state index in [0.29, 0.717) is 0 Å². The summed E-state index contributed by atoms with van der Waals surface area (Å²) in [7, 11) is 0. The van der Waals surface area contributed by atoms with Crippen LogP contribution in [0.5, 0.6) is 5.75 Å². The molecule has 1 heterocycles. The molecule has 2 aromatic rings. The van der Waals surface area contributed by atoms with Gasteiger partial charge in [-0.25, -0.2) is 4.79 Å². The van der Waals surface area contributed by atoms with E-state index in [0.717, 1.165) is 30.5 Å². The maximum atomic E-state index is 12.7. The molecule has 1 amide bonds. The minimum absolute atomic E-state index is 0.0944. The van der Waals surface area contributed by atoms with Crippen molar-refractivity contribution in [1.82, 2.24) is 10.3 Å². The van der Waals surface area contributed by atoms with E-state index in [4.69, 9.17) is 4.74 Å². The molecule has 0 saturated heterocycles. The van der Waals surface area contributed by atoms with Crippen LogP contribution < -0.4 is 10.1 Å². The smallest absolute Gasteiger partial charge is 0.444 e. The van der Waals surface area contributed by atoms with Gasteiger partial charge < -0.3 is 14.8 Å². The van der Waals surface area contributed by atoms with Gasteiger partial charge in [-0.3, -0.25) is 4.98 Å². The predicted molar refractivity (Wildman–Crippen MR) is 106 cm³/mol. The van der Waals surface area contributed by atoms with Crippen molar-refractivity contribution in [3.8, 4) is 17.0 Å². The van der Waals surface area contributed by atoms with E-state index in [2.05, 4.69) is 15.0 Å². The third-order valence-electron chi connectivity index (χ3n) is 3.50. The molecule has 0 radical (unpaired) electrons. The largest absolute Gasteiger partial charge is 0.573 e. The van der Waals surface area contributed by atoms with Crippen molar-refractivity contribution in [3.63, 3.8) is 0 Å². The number of aromatic nitrogens is 1. The number of hydrogen-bond donors (Lipinski definition) is 1. The number of amides is 1. The van der Waals surface area contributed by atoms with Crippen LogP contribution in [-0.2, 0) is 17.5 Å². The number of nitrogens with one attached hydrogen (secondary N) is 1. The number of alkyl halides is 6. The Morgan fingerprint density at radius 3 is 2.03 bits per heavy atom. The normalized spacial score (nSPS) is 11.8. The molecule has 1 aromatic heterocycles. The molecule has 2 rings (SSSR count). The van der Waals surface area contributed by atoms with E-state index < -0.39 is 42.1 Å². The van der Waals surface area contributed by atoms with E-state index in [1.807, 2.05) is 13.8 Å². The van der Waals surface area contributed by atoms with Crippen molar-refractivity contribution < 1.29 is 40.6 Å². The summed E-state index contributed by atoms with van der Waals surface area (Å²) in [5.74, 6) is -0.658. The third-order valence-corrected chi connectivity index (χ3v) is 3.50. The van der Waals surface area contributed by atoms with Crippen LogP contribution in [-0.4, -0.2) is 23.0 Å². The molecule has 1 N–H and O–H groups in total. The molecule has 1 aromatic carbocycles. The van der Waals surface area contributed by atoms with Crippen LogP contribution in [0.25, 0.3) is 11.3 Å². The Labute approximate surface area is 181 Å². The monoisotopic (exact) mass is 466 g/mol. The number of hydrogen-bond acceptors (Lipinski definition) is 4. The molecule has 0 aliphatic heterocycles. The van der Waals surface area contributed by atoms with E-state index in [-0.39, 0.29) is 16.8 Å². The highest BCUT2D eigenvalue weighted by atomic mass is 19.4. The second-order valence-electron chi connectivity index (χ2n) is 7.16. The quantitative estimate of drug-likeness (QED) is 0.509. The van der Waals surface area contributed by atoms with Gasteiger partial charge in [-0.1, -0.05) is 26.0 Å². The highest BCUT2D eigenvalue weighted by molar-refractivity contribution is 5.68. The molecular formula is C21H24F6N2O3. The van der Waals surface area contributed by atoms with Gasteiger partial charge in [0.2, 0.25) is 0 Å². The summed E-state index contributed by atoms with van der Waals surface area (Å²) in [6.07, 6.45) is -9.61. The van der Waals surface area contributed by atoms with Crippen molar-refractivity contribution in [2.45, 2.75) is 59.3 Å². The molecule has 0 fully saturated rings. The molecule has 32 heavy (non-hydrogen) atoms. The first-order chi connectivity index (χ1) is 14.6. The van der Waals surface area contributed by atoms with Crippen molar-refractivity contribution in [3.05, 3.63) is 47.7 Å². The Kier molecular flexibility index (Phi) is 8.93. The zero-order valence-corrected chi connectivity index (χ0v) is 18.1. The summed E-state index contributed by atoms with van der Waals surface area (Å²) >= 11 is 0. The SMILES string of the molecule is CC.CC(C)(C)OC(=O)NCc1cc(-c2ccc(C(F)(F)F)cc2)ncc1OC(F)(F)F. The molecule has 0 aliphatic rings. The van der Waals surface area contributed by atoms with Crippen LogP contribution in [0.15, 0.2) is 36.5 Å². The lowest BCUT2D eigenvalue weighted by Gasteiger charge is -2.20. The molecule has 0 saturated carbocycles. The van der Waals surface area contributed by atoms with E-state index in [1.54, 1.807) is 20.8 Å². The average Bonchev–Trinajstić information content (AvgIpc) is 2.66. The van der Waals surface area contributed by atoms with Gasteiger partial charge in [-0.15, -0.1) is 13.2 Å². The second kappa shape index (κ2) is 10.6. The van der Waals surface area contributed by atoms with E-state index in [1.165, 1.54) is 6.07 Å². The van der Waals surface area contributed by atoms with Gasteiger partial charge in [0.05, 0.1) is 17.5 Å². The second-order valence-corrected chi connectivity index (χ2v) is 7.16. The summed E-state index contributed by atoms with van der Waals surface area (Å²) in [5, 5.41) is 2.30. The number of ether oxygens (including phenoxy) is 2. The summed E-state index contributed by atoms with van der Waals surface area (Å²) in [5.41, 5.74) is -1.46. The number of halogens is 6. The van der Waals surface area contributed by atoms with E-state index >= 15 is 0 Å². The Balaban J connectivity index is 0.00000249. The van der Waals surface area contributed by atoms with Crippen LogP contribution >= 0.6 is 0 Å². The number of alkyl carbamates (subject to hydrolysis) is 1.